The van der Waals surface area contributed by atoms with E-state index in [1.165, 1.54) is 0 Å². The SMILES string of the molecule is CCN1CCN(C(c2ccc(OC)cc2OC)c2c(O)cc(C)n(CC)c2=O)CC1. The maximum Gasteiger partial charge on any atom is 0.259 e. The van der Waals surface area contributed by atoms with E-state index in [9.17, 15) is 9.90 Å². The molecule has 1 N–H and O–H groups in total. The highest BCUT2D eigenvalue weighted by Gasteiger charge is 2.33. The molecule has 1 unspecified atom stereocenters. The molecule has 0 amide bonds. The summed E-state index contributed by atoms with van der Waals surface area (Å²) in [5, 5.41) is 10.9. The Morgan fingerprint density at radius 1 is 1.03 bits per heavy atom. The number of methoxy groups -OCH3 is 2. The molecule has 1 saturated heterocycles. The lowest BCUT2D eigenvalue weighted by Crippen LogP contribution is -2.48. The molecular formula is C23H33N3O4. The largest absolute Gasteiger partial charge is 0.507 e. The normalized spacial score (nSPS) is 16.4. The molecule has 1 fully saturated rings. The van der Waals surface area contributed by atoms with Crippen molar-refractivity contribution in [3.05, 3.63) is 51.4 Å². The number of rotatable bonds is 7. The second kappa shape index (κ2) is 9.53. The highest BCUT2D eigenvalue weighted by atomic mass is 16.5. The number of hydrogen-bond acceptors (Lipinski definition) is 6. The minimum Gasteiger partial charge on any atom is -0.507 e. The van der Waals surface area contributed by atoms with E-state index in [0.717, 1.165) is 44.0 Å². The fourth-order valence-corrected chi connectivity index (χ4v) is 4.34. The van der Waals surface area contributed by atoms with Crippen molar-refractivity contribution in [3.63, 3.8) is 0 Å². The Hall–Kier alpha value is -2.51. The van der Waals surface area contributed by atoms with Gasteiger partial charge in [-0.2, -0.15) is 0 Å². The van der Waals surface area contributed by atoms with Gasteiger partial charge in [-0.15, -0.1) is 0 Å². The van der Waals surface area contributed by atoms with Crippen molar-refractivity contribution in [3.8, 4) is 17.2 Å². The quantitative estimate of drug-likeness (QED) is 0.750. The van der Waals surface area contributed by atoms with Crippen molar-refractivity contribution in [2.24, 2.45) is 0 Å². The lowest BCUT2D eigenvalue weighted by molar-refractivity contribution is 0.110. The molecule has 1 aromatic heterocycles. The van der Waals surface area contributed by atoms with Crippen molar-refractivity contribution < 1.29 is 14.6 Å². The number of ether oxygens (including phenoxy) is 2. The van der Waals surface area contributed by atoms with E-state index in [-0.39, 0.29) is 11.3 Å². The molecule has 1 aromatic carbocycles. The standard InChI is InChI=1S/C23H33N3O4/c1-6-24-10-12-25(13-11-24)22(18-9-8-17(29-4)15-20(18)30-5)21-19(27)14-16(3)26(7-2)23(21)28/h8-9,14-15,22,27H,6-7,10-13H2,1-5H3. The van der Waals surface area contributed by atoms with Gasteiger partial charge in [-0.3, -0.25) is 9.69 Å². The van der Waals surface area contributed by atoms with E-state index < -0.39 is 6.04 Å². The summed E-state index contributed by atoms with van der Waals surface area (Å²) >= 11 is 0. The topological polar surface area (TPSA) is 67.2 Å². The van der Waals surface area contributed by atoms with Gasteiger partial charge >= 0.3 is 0 Å². The second-order valence-electron chi connectivity index (χ2n) is 7.61. The highest BCUT2D eigenvalue weighted by molar-refractivity contribution is 5.49. The zero-order valence-corrected chi connectivity index (χ0v) is 18.6. The van der Waals surface area contributed by atoms with Gasteiger partial charge in [-0.05, 0) is 38.6 Å². The minimum absolute atomic E-state index is 0.0305. The van der Waals surface area contributed by atoms with Crippen molar-refractivity contribution in [2.75, 3.05) is 46.9 Å². The van der Waals surface area contributed by atoms with Crippen molar-refractivity contribution in [1.29, 1.82) is 0 Å². The summed E-state index contributed by atoms with van der Waals surface area (Å²) < 4.78 is 12.7. The van der Waals surface area contributed by atoms with Crippen LogP contribution in [0.1, 0.15) is 36.7 Å². The van der Waals surface area contributed by atoms with E-state index in [1.54, 1.807) is 24.9 Å². The summed E-state index contributed by atoms with van der Waals surface area (Å²) in [6, 6.07) is 6.91. The average molecular weight is 416 g/mol. The van der Waals surface area contributed by atoms with Gasteiger partial charge in [0.05, 0.1) is 25.8 Å². The van der Waals surface area contributed by atoms with Crippen molar-refractivity contribution >= 4 is 0 Å². The highest BCUT2D eigenvalue weighted by Crippen LogP contribution is 2.39. The summed E-state index contributed by atoms with van der Waals surface area (Å²) in [6.45, 7) is 10.9. The molecule has 30 heavy (non-hydrogen) atoms. The lowest BCUT2D eigenvalue weighted by Gasteiger charge is -2.39. The van der Waals surface area contributed by atoms with Crippen LogP contribution in [-0.2, 0) is 6.54 Å². The summed E-state index contributed by atoms with van der Waals surface area (Å²) in [5.74, 6) is 1.35. The zero-order chi connectivity index (χ0) is 21.8. The number of pyridine rings is 1. The van der Waals surface area contributed by atoms with Crippen LogP contribution in [0.15, 0.2) is 29.1 Å². The number of piperazine rings is 1. The molecule has 7 nitrogen and oxygen atoms in total. The fourth-order valence-electron chi connectivity index (χ4n) is 4.34. The number of aryl methyl sites for hydroxylation is 1. The molecule has 0 radical (unpaired) electrons. The lowest BCUT2D eigenvalue weighted by atomic mass is 9.95. The maximum absolute atomic E-state index is 13.4. The summed E-state index contributed by atoms with van der Waals surface area (Å²) in [5.41, 5.74) is 1.84. The number of nitrogens with zero attached hydrogens (tertiary/aromatic N) is 3. The molecule has 1 aliphatic heterocycles. The van der Waals surface area contributed by atoms with E-state index in [0.29, 0.717) is 23.6 Å². The Bertz CT molecular complexity index is 933. The van der Waals surface area contributed by atoms with Gasteiger partial charge in [0.25, 0.3) is 5.56 Å². The summed E-state index contributed by atoms with van der Waals surface area (Å²) in [7, 11) is 3.23. The Morgan fingerprint density at radius 2 is 1.73 bits per heavy atom. The van der Waals surface area contributed by atoms with Crippen LogP contribution in [0.2, 0.25) is 0 Å². The summed E-state index contributed by atoms with van der Waals surface area (Å²) in [4.78, 5) is 18.1. The Balaban J connectivity index is 2.19. The van der Waals surface area contributed by atoms with Crippen LogP contribution in [0.25, 0.3) is 0 Å². The predicted molar refractivity (Wildman–Crippen MR) is 118 cm³/mol. The van der Waals surface area contributed by atoms with Crippen LogP contribution in [0.4, 0.5) is 0 Å². The smallest absolute Gasteiger partial charge is 0.259 e. The third-order valence-corrected chi connectivity index (χ3v) is 6.07. The first-order valence-corrected chi connectivity index (χ1v) is 10.6. The van der Waals surface area contributed by atoms with Crippen LogP contribution in [0, 0.1) is 6.92 Å². The van der Waals surface area contributed by atoms with Crippen LogP contribution < -0.4 is 15.0 Å². The van der Waals surface area contributed by atoms with Crippen LogP contribution in [0.5, 0.6) is 17.2 Å². The molecule has 0 aliphatic carbocycles. The van der Waals surface area contributed by atoms with Crippen LogP contribution >= 0.6 is 0 Å². The van der Waals surface area contributed by atoms with Gasteiger partial charge in [0.15, 0.2) is 0 Å². The second-order valence-corrected chi connectivity index (χ2v) is 7.61. The van der Waals surface area contributed by atoms with Crippen molar-refractivity contribution in [1.82, 2.24) is 14.4 Å². The Labute approximate surface area is 178 Å². The van der Waals surface area contributed by atoms with E-state index in [2.05, 4.69) is 16.7 Å². The third-order valence-electron chi connectivity index (χ3n) is 6.07. The number of benzene rings is 1. The number of hydrogen-bond donors (Lipinski definition) is 1. The van der Waals surface area contributed by atoms with E-state index >= 15 is 0 Å². The molecular weight excluding hydrogens is 382 g/mol. The predicted octanol–water partition coefficient (Wildman–Crippen LogP) is 2.63. The van der Waals surface area contributed by atoms with Gasteiger partial charge < -0.3 is 24.0 Å². The number of aromatic hydroxyl groups is 1. The van der Waals surface area contributed by atoms with E-state index in [1.807, 2.05) is 32.0 Å². The third kappa shape index (κ3) is 4.18. The number of likely N-dealkylation sites (N-methyl/N-ethyl adjacent to an activating group) is 1. The Morgan fingerprint density at radius 3 is 2.30 bits per heavy atom. The van der Waals surface area contributed by atoms with Gasteiger partial charge in [0.1, 0.15) is 17.2 Å². The van der Waals surface area contributed by atoms with E-state index in [4.69, 9.17) is 9.47 Å². The Kier molecular flexibility index (Phi) is 7.05. The minimum atomic E-state index is -0.407. The maximum atomic E-state index is 13.4. The average Bonchev–Trinajstić information content (AvgIpc) is 2.76. The van der Waals surface area contributed by atoms with Gasteiger partial charge in [-0.25, -0.2) is 0 Å². The molecule has 0 saturated carbocycles. The molecule has 1 atom stereocenters. The summed E-state index contributed by atoms with van der Waals surface area (Å²) in [6.07, 6.45) is 0. The molecule has 164 valence electrons. The molecule has 2 aromatic rings. The molecule has 2 heterocycles. The van der Waals surface area contributed by atoms with Gasteiger partial charge in [0, 0.05) is 50.0 Å². The van der Waals surface area contributed by atoms with Crippen molar-refractivity contribution in [2.45, 2.75) is 33.4 Å². The van der Waals surface area contributed by atoms with Gasteiger partial charge in [0.2, 0.25) is 0 Å². The molecule has 3 rings (SSSR count). The first-order valence-electron chi connectivity index (χ1n) is 10.6. The first-order chi connectivity index (χ1) is 14.4. The monoisotopic (exact) mass is 415 g/mol. The molecule has 0 bridgehead atoms. The molecule has 0 spiro atoms. The van der Waals surface area contributed by atoms with Crippen LogP contribution in [-0.4, -0.2) is 66.4 Å². The van der Waals surface area contributed by atoms with Gasteiger partial charge in [-0.1, -0.05) is 6.92 Å². The fraction of sp³-hybridized carbons (Fsp3) is 0.522. The zero-order valence-electron chi connectivity index (χ0n) is 18.6. The molecule has 7 heteroatoms. The molecule has 1 aliphatic rings. The number of aromatic nitrogens is 1. The first kappa shape index (κ1) is 22.2. The van der Waals surface area contributed by atoms with Crippen LogP contribution in [0.3, 0.4) is 0 Å².